The van der Waals surface area contributed by atoms with Crippen molar-refractivity contribution in [3.8, 4) is 0 Å². The SMILES string of the molecule is COC(=O)c1ccc(NC(=O)COC(=O)[C@H]2CC(=O)N(c3ccc(Cl)cc3)C2)cc1. The van der Waals surface area contributed by atoms with Gasteiger partial charge >= 0.3 is 11.9 Å². The summed E-state index contributed by atoms with van der Waals surface area (Å²) in [5, 5.41) is 3.11. The summed E-state index contributed by atoms with van der Waals surface area (Å²) in [5.74, 6) is -2.49. The molecular weight excluding hydrogens is 412 g/mol. The third kappa shape index (κ3) is 5.15. The van der Waals surface area contributed by atoms with Crippen molar-refractivity contribution in [1.82, 2.24) is 0 Å². The number of esters is 2. The Labute approximate surface area is 177 Å². The zero-order valence-electron chi connectivity index (χ0n) is 16.1. The Kier molecular flexibility index (Phi) is 6.68. The van der Waals surface area contributed by atoms with Crippen molar-refractivity contribution >= 4 is 46.7 Å². The second-order valence-electron chi connectivity index (χ2n) is 6.61. The Balaban J connectivity index is 1.49. The van der Waals surface area contributed by atoms with Crippen LogP contribution in [0.2, 0.25) is 5.02 Å². The number of amides is 2. The number of nitrogens with zero attached hydrogens (tertiary/aromatic N) is 1. The normalized spacial score (nSPS) is 15.6. The number of anilines is 2. The van der Waals surface area contributed by atoms with E-state index < -0.39 is 30.4 Å². The molecule has 8 nitrogen and oxygen atoms in total. The topological polar surface area (TPSA) is 102 Å². The Morgan fingerprint density at radius 2 is 1.77 bits per heavy atom. The molecule has 1 atom stereocenters. The number of rotatable bonds is 6. The number of nitrogens with one attached hydrogen (secondary N) is 1. The molecule has 0 unspecified atom stereocenters. The molecule has 2 aromatic carbocycles. The highest BCUT2D eigenvalue weighted by atomic mass is 35.5. The minimum Gasteiger partial charge on any atom is -0.465 e. The van der Waals surface area contributed by atoms with Gasteiger partial charge in [0, 0.05) is 29.4 Å². The Morgan fingerprint density at radius 1 is 1.10 bits per heavy atom. The molecule has 2 amide bonds. The molecule has 9 heteroatoms. The first-order valence-electron chi connectivity index (χ1n) is 9.08. The summed E-state index contributed by atoms with van der Waals surface area (Å²) < 4.78 is 9.67. The highest BCUT2D eigenvalue weighted by Gasteiger charge is 2.36. The van der Waals surface area contributed by atoms with Gasteiger partial charge in [0.2, 0.25) is 5.91 Å². The molecule has 0 spiro atoms. The average molecular weight is 431 g/mol. The van der Waals surface area contributed by atoms with Crippen LogP contribution >= 0.6 is 11.6 Å². The summed E-state index contributed by atoms with van der Waals surface area (Å²) in [7, 11) is 1.28. The van der Waals surface area contributed by atoms with Gasteiger partial charge in [-0.25, -0.2) is 4.79 Å². The van der Waals surface area contributed by atoms with Gasteiger partial charge in [0.05, 0.1) is 18.6 Å². The van der Waals surface area contributed by atoms with Crippen molar-refractivity contribution in [3.63, 3.8) is 0 Å². The molecule has 0 bridgehead atoms. The fourth-order valence-electron chi connectivity index (χ4n) is 3.00. The van der Waals surface area contributed by atoms with Crippen LogP contribution in [0.5, 0.6) is 0 Å². The van der Waals surface area contributed by atoms with Crippen LogP contribution < -0.4 is 10.2 Å². The van der Waals surface area contributed by atoms with Crippen molar-refractivity contribution < 1.29 is 28.7 Å². The number of hydrogen-bond acceptors (Lipinski definition) is 6. The maximum Gasteiger partial charge on any atom is 0.337 e. The third-order valence-electron chi connectivity index (χ3n) is 4.53. The number of carbonyl (C=O) groups is 4. The van der Waals surface area contributed by atoms with Crippen LogP contribution in [0.1, 0.15) is 16.8 Å². The lowest BCUT2D eigenvalue weighted by atomic mass is 10.1. The summed E-state index contributed by atoms with van der Waals surface area (Å²) >= 11 is 5.85. The molecule has 156 valence electrons. The quantitative estimate of drug-likeness (QED) is 0.707. The first-order valence-corrected chi connectivity index (χ1v) is 9.46. The molecule has 1 aliphatic heterocycles. The van der Waals surface area contributed by atoms with Gasteiger partial charge in [0.15, 0.2) is 6.61 Å². The van der Waals surface area contributed by atoms with Crippen LogP contribution in [0.25, 0.3) is 0 Å². The summed E-state index contributed by atoms with van der Waals surface area (Å²) in [5.41, 5.74) is 1.43. The lowest BCUT2D eigenvalue weighted by Gasteiger charge is -2.16. The number of methoxy groups -OCH3 is 1. The van der Waals surface area contributed by atoms with Gasteiger partial charge in [-0.05, 0) is 48.5 Å². The predicted octanol–water partition coefficient (Wildman–Crippen LogP) is 2.66. The van der Waals surface area contributed by atoms with Crippen LogP contribution in [-0.4, -0.2) is 44.0 Å². The first kappa shape index (κ1) is 21.3. The molecule has 1 heterocycles. The molecule has 0 radical (unpaired) electrons. The molecule has 0 saturated carbocycles. The van der Waals surface area contributed by atoms with Crippen molar-refractivity contribution in [2.75, 3.05) is 30.5 Å². The van der Waals surface area contributed by atoms with Crippen molar-refractivity contribution in [1.29, 1.82) is 0 Å². The maximum atomic E-state index is 12.3. The van der Waals surface area contributed by atoms with Gasteiger partial charge in [0.25, 0.3) is 5.91 Å². The highest BCUT2D eigenvalue weighted by Crippen LogP contribution is 2.27. The molecule has 1 N–H and O–H groups in total. The van der Waals surface area contributed by atoms with Gasteiger partial charge in [0.1, 0.15) is 0 Å². The molecule has 0 aliphatic carbocycles. The highest BCUT2D eigenvalue weighted by molar-refractivity contribution is 6.30. The van der Waals surface area contributed by atoms with Gasteiger partial charge in [-0.1, -0.05) is 11.6 Å². The van der Waals surface area contributed by atoms with Crippen LogP contribution in [0.4, 0.5) is 11.4 Å². The third-order valence-corrected chi connectivity index (χ3v) is 4.78. The van der Waals surface area contributed by atoms with Crippen molar-refractivity contribution in [2.24, 2.45) is 5.92 Å². The van der Waals surface area contributed by atoms with E-state index in [0.717, 1.165) is 0 Å². The van der Waals surface area contributed by atoms with E-state index in [-0.39, 0.29) is 18.9 Å². The lowest BCUT2D eigenvalue weighted by molar-refractivity contribution is -0.151. The van der Waals surface area contributed by atoms with Gasteiger partial charge < -0.3 is 19.7 Å². The molecule has 0 aromatic heterocycles. The lowest BCUT2D eigenvalue weighted by Crippen LogP contribution is -2.28. The molecule has 30 heavy (non-hydrogen) atoms. The number of halogens is 1. The van der Waals surface area contributed by atoms with E-state index in [9.17, 15) is 19.2 Å². The number of benzene rings is 2. The standard InChI is InChI=1S/C21H19ClN2O6/c1-29-20(27)13-2-6-16(7-3-13)23-18(25)12-30-21(28)14-10-19(26)24(11-14)17-8-4-15(22)5-9-17/h2-9,14H,10-12H2,1H3,(H,23,25)/t14-/m0/s1. The van der Waals surface area contributed by atoms with Gasteiger partial charge in [-0.15, -0.1) is 0 Å². The van der Waals surface area contributed by atoms with E-state index in [1.165, 1.54) is 36.3 Å². The zero-order valence-corrected chi connectivity index (χ0v) is 16.8. The van der Waals surface area contributed by atoms with Gasteiger partial charge in [-0.2, -0.15) is 0 Å². The second kappa shape index (κ2) is 9.41. The monoisotopic (exact) mass is 430 g/mol. The van der Waals surface area contributed by atoms with Crippen LogP contribution in [-0.2, 0) is 23.9 Å². The second-order valence-corrected chi connectivity index (χ2v) is 7.04. The largest absolute Gasteiger partial charge is 0.465 e. The Morgan fingerprint density at radius 3 is 2.40 bits per heavy atom. The molecule has 1 aliphatic rings. The van der Waals surface area contributed by atoms with E-state index in [1.807, 2.05) is 0 Å². The van der Waals surface area contributed by atoms with Gasteiger partial charge in [-0.3, -0.25) is 14.4 Å². The smallest absolute Gasteiger partial charge is 0.337 e. The molecule has 3 rings (SSSR count). The predicted molar refractivity (Wildman–Crippen MR) is 109 cm³/mol. The fraction of sp³-hybridized carbons (Fsp3) is 0.238. The summed E-state index contributed by atoms with van der Waals surface area (Å²) in [6.07, 6.45) is 0.0120. The minimum absolute atomic E-state index is 0.0120. The zero-order chi connectivity index (χ0) is 21.7. The van der Waals surface area contributed by atoms with E-state index in [0.29, 0.717) is 22.0 Å². The fourth-order valence-corrected chi connectivity index (χ4v) is 3.12. The van der Waals surface area contributed by atoms with Crippen molar-refractivity contribution in [2.45, 2.75) is 6.42 Å². The summed E-state index contributed by atoms with van der Waals surface area (Å²) in [4.78, 5) is 49.4. The van der Waals surface area contributed by atoms with Crippen LogP contribution in [0.3, 0.4) is 0 Å². The van der Waals surface area contributed by atoms with E-state index >= 15 is 0 Å². The average Bonchev–Trinajstić information content (AvgIpc) is 3.14. The Hall–Kier alpha value is -3.39. The van der Waals surface area contributed by atoms with Crippen molar-refractivity contribution in [3.05, 3.63) is 59.1 Å². The summed E-state index contributed by atoms with van der Waals surface area (Å²) in [6.45, 7) is -0.306. The molecule has 1 saturated heterocycles. The maximum absolute atomic E-state index is 12.3. The number of carbonyl (C=O) groups excluding carboxylic acids is 4. The number of hydrogen-bond donors (Lipinski definition) is 1. The summed E-state index contributed by atoms with van der Waals surface area (Å²) in [6, 6.07) is 12.8. The van der Waals surface area contributed by atoms with E-state index in [2.05, 4.69) is 10.1 Å². The molecule has 1 fully saturated rings. The first-order chi connectivity index (χ1) is 14.4. The van der Waals surface area contributed by atoms with Crippen LogP contribution in [0.15, 0.2) is 48.5 Å². The molecule has 2 aromatic rings. The van der Waals surface area contributed by atoms with E-state index in [1.54, 1.807) is 24.3 Å². The number of ether oxygens (including phenoxy) is 2. The molecular formula is C21H19ClN2O6. The van der Waals surface area contributed by atoms with Crippen LogP contribution in [0, 0.1) is 5.92 Å². The minimum atomic E-state index is -0.652. The van der Waals surface area contributed by atoms with E-state index in [4.69, 9.17) is 16.3 Å². The Bertz CT molecular complexity index is 958.